The van der Waals surface area contributed by atoms with Gasteiger partial charge in [0, 0.05) is 17.9 Å². The second-order valence-corrected chi connectivity index (χ2v) is 7.69. The Morgan fingerprint density at radius 2 is 1.85 bits per heavy atom. The number of carbonyl (C=O) groups excluding carboxylic acids is 2. The largest absolute Gasteiger partial charge is 0.274 e. The lowest BCUT2D eigenvalue weighted by atomic mass is 10.1. The molecule has 2 aromatic carbocycles. The number of hydrogen-bond donors (Lipinski definition) is 1. The number of amides is 2. The van der Waals surface area contributed by atoms with Gasteiger partial charge in [-0.25, -0.2) is 9.88 Å². The van der Waals surface area contributed by atoms with Crippen molar-refractivity contribution in [3.05, 3.63) is 71.0 Å². The molecule has 27 heavy (non-hydrogen) atoms. The molecule has 1 atom stereocenters. The molecule has 6 nitrogen and oxygen atoms in total. The van der Waals surface area contributed by atoms with Crippen LogP contribution in [0.2, 0.25) is 5.02 Å². The SMILES string of the molecule is O=C1CC(Sc2n[nH]c(Cc3ccccc3)n2)C(=O)N1c1ccc(Cl)cc1. The Morgan fingerprint density at radius 3 is 2.59 bits per heavy atom. The summed E-state index contributed by atoms with van der Waals surface area (Å²) in [6, 6.07) is 16.6. The van der Waals surface area contributed by atoms with E-state index in [1.54, 1.807) is 24.3 Å². The molecule has 1 aromatic heterocycles. The fraction of sp³-hybridized carbons (Fsp3) is 0.158. The van der Waals surface area contributed by atoms with E-state index in [1.165, 1.54) is 16.7 Å². The summed E-state index contributed by atoms with van der Waals surface area (Å²) in [5, 5.41) is 7.55. The molecular weight excluding hydrogens is 384 g/mol. The number of benzene rings is 2. The highest BCUT2D eigenvalue weighted by molar-refractivity contribution is 8.00. The minimum atomic E-state index is -0.534. The van der Waals surface area contributed by atoms with Gasteiger partial charge in [0.05, 0.1) is 5.69 Å². The first-order valence-corrected chi connectivity index (χ1v) is 9.60. The van der Waals surface area contributed by atoms with E-state index in [1.807, 2.05) is 30.3 Å². The van der Waals surface area contributed by atoms with Crippen LogP contribution < -0.4 is 4.90 Å². The molecule has 2 amide bonds. The van der Waals surface area contributed by atoms with Crippen LogP contribution in [0.1, 0.15) is 17.8 Å². The minimum absolute atomic E-state index is 0.120. The maximum Gasteiger partial charge on any atom is 0.247 e. The molecular formula is C19H15ClN4O2S. The second-order valence-electron chi connectivity index (χ2n) is 6.08. The average molecular weight is 399 g/mol. The molecule has 136 valence electrons. The third-order valence-corrected chi connectivity index (χ3v) is 5.46. The smallest absolute Gasteiger partial charge is 0.247 e. The number of H-pyrrole nitrogens is 1. The van der Waals surface area contributed by atoms with E-state index >= 15 is 0 Å². The molecule has 3 aromatic rings. The molecule has 1 unspecified atom stereocenters. The number of thioether (sulfide) groups is 1. The van der Waals surface area contributed by atoms with Gasteiger partial charge in [-0.1, -0.05) is 53.7 Å². The lowest BCUT2D eigenvalue weighted by Crippen LogP contribution is -2.31. The molecule has 1 fully saturated rings. The third-order valence-electron chi connectivity index (χ3n) is 4.16. The highest BCUT2D eigenvalue weighted by atomic mass is 35.5. The van der Waals surface area contributed by atoms with Crippen LogP contribution in [0.25, 0.3) is 0 Å². The number of aromatic amines is 1. The van der Waals surface area contributed by atoms with E-state index in [2.05, 4.69) is 15.2 Å². The summed E-state index contributed by atoms with van der Waals surface area (Å²) in [6.07, 6.45) is 0.748. The van der Waals surface area contributed by atoms with E-state index in [4.69, 9.17) is 11.6 Å². The number of aromatic nitrogens is 3. The lowest BCUT2D eigenvalue weighted by Gasteiger charge is -2.14. The van der Waals surface area contributed by atoms with Crippen LogP contribution in [0.3, 0.4) is 0 Å². The van der Waals surface area contributed by atoms with Gasteiger partial charge in [0.25, 0.3) is 0 Å². The van der Waals surface area contributed by atoms with Crippen LogP contribution in [-0.4, -0.2) is 32.2 Å². The van der Waals surface area contributed by atoms with Crippen LogP contribution in [0.15, 0.2) is 59.8 Å². The quantitative estimate of drug-likeness (QED) is 0.666. The van der Waals surface area contributed by atoms with Gasteiger partial charge in [-0.15, -0.1) is 5.10 Å². The Hall–Kier alpha value is -2.64. The molecule has 2 heterocycles. The standard InChI is InChI=1S/C19H15ClN4O2S/c20-13-6-8-14(9-7-13)24-17(25)11-15(18(24)26)27-19-21-16(22-23-19)10-12-4-2-1-3-5-12/h1-9,15H,10-11H2,(H,21,22,23). The molecule has 0 aliphatic carbocycles. The fourth-order valence-electron chi connectivity index (χ4n) is 2.88. The van der Waals surface area contributed by atoms with Crippen molar-refractivity contribution in [3.8, 4) is 0 Å². The van der Waals surface area contributed by atoms with E-state index in [9.17, 15) is 9.59 Å². The highest BCUT2D eigenvalue weighted by Gasteiger charge is 2.40. The van der Waals surface area contributed by atoms with E-state index in [0.717, 1.165) is 11.4 Å². The van der Waals surface area contributed by atoms with Gasteiger partial charge in [-0.05, 0) is 29.8 Å². The van der Waals surface area contributed by atoms with Crippen molar-refractivity contribution < 1.29 is 9.59 Å². The van der Waals surface area contributed by atoms with Crippen molar-refractivity contribution in [2.24, 2.45) is 0 Å². The molecule has 0 radical (unpaired) electrons. The predicted molar refractivity (Wildman–Crippen MR) is 104 cm³/mol. The Kier molecular flexibility index (Phi) is 4.96. The topological polar surface area (TPSA) is 79.0 Å². The van der Waals surface area contributed by atoms with Crippen LogP contribution >= 0.6 is 23.4 Å². The number of halogens is 1. The van der Waals surface area contributed by atoms with Crippen molar-refractivity contribution in [1.29, 1.82) is 0 Å². The fourth-order valence-corrected chi connectivity index (χ4v) is 3.96. The van der Waals surface area contributed by atoms with Crippen molar-refractivity contribution >= 4 is 40.9 Å². The summed E-state index contributed by atoms with van der Waals surface area (Å²) in [4.78, 5) is 30.7. The number of rotatable bonds is 5. The van der Waals surface area contributed by atoms with Crippen LogP contribution in [0.4, 0.5) is 5.69 Å². The number of anilines is 1. The molecule has 1 N–H and O–H groups in total. The highest BCUT2D eigenvalue weighted by Crippen LogP contribution is 2.32. The normalized spacial score (nSPS) is 16.9. The first kappa shape index (κ1) is 17.8. The molecule has 0 spiro atoms. The summed E-state index contributed by atoms with van der Waals surface area (Å²) >= 11 is 7.08. The van der Waals surface area contributed by atoms with Crippen molar-refractivity contribution in [3.63, 3.8) is 0 Å². The van der Waals surface area contributed by atoms with Crippen LogP contribution in [0, 0.1) is 0 Å². The molecule has 4 rings (SSSR count). The average Bonchev–Trinajstić information content (AvgIpc) is 3.21. The Balaban J connectivity index is 1.45. The Bertz CT molecular complexity index is 975. The van der Waals surface area contributed by atoms with Crippen molar-refractivity contribution in [1.82, 2.24) is 15.2 Å². The summed E-state index contributed by atoms with van der Waals surface area (Å²) in [5.41, 5.74) is 1.64. The van der Waals surface area contributed by atoms with Crippen molar-refractivity contribution in [2.45, 2.75) is 23.2 Å². The predicted octanol–water partition coefficient (Wildman–Crippen LogP) is 3.47. The van der Waals surface area contributed by atoms with Crippen molar-refractivity contribution in [2.75, 3.05) is 4.90 Å². The third kappa shape index (κ3) is 3.89. The van der Waals surface area contributed by atoms with Gasteiger partial charge in [0.2, 0.25) is 17.0 Å². The first-order valence-electron chi connectivity index (χ1n) is 8.34. The molecule has 0 saturated carbocycles. The van der Waals surface area contributed by atoms with Gasteiger partial charge < -0.3 is 0 Å². The summed E-state index contributed by atoms with van der Waals surface area (Å²) in [5.74, 6) is 0.219. The Morgan fingerprint density at radius 1 is 1.11 bits per heavy atom. The molecule has 8 heteroatoms. The maximum absolute atomic E-state index is 12.7. The number of imide groups is 1. The van der Waals surface area contributed by atoms with Gasteiger partial charge in [0.1, 0.15) is 11.1 Å². The number of carbonyl (C=O) groups is 2. The molecule has 1 saturated heterocycles. The van der Waals surface area contributed by atoms with E-state index in [-0.39, 0.29) is 18.2 Å². The van der Waals surface area contributed by atoms with Gasteiger partial charge in [-0.2, -0.15) is 0 Å². The minimum Gasteiger partial charge on any atom is -0.274 e. The summed E-state index contributed by atoms with van der Waals surface area (Å²) in [6.45, 7) is 0. The lowest BCUT2D eigenvalue weighted by molar-refractivity contribution is -0.121. The second kappa shape index (κ2) is 7.54. The first-order chi connectivity index (χ1) is 13.1. The number of nitrogens with zero attached hydrogens (tertiary/aromatic N) is 3. The molecule has 1 aliphatic rings. The zero-order valence-electron chi connectivity index (χ0n) is 14.1. The monoisotopic (exact) mass is 398 g/mol. The number of hydrogen-bond acceptors (Lipinski definition) is 5. The van der Waals surface area contributed by atoms with Crippen LogP contribution in [-0.2, 0) is 16.0 Å². The van der Waals surface area contributed by atoms with E-state index < -0.39 is 5.25 Å². The number of nitrogens with one attached hydrogen (secondary N) is 1. The zero-order valence-corrected chi connectivity index (χ0v) is 15.7. The Labute approximate surface area is 164 Å². The van der Waals surface area contributed by atoms with E-state index in [0.29, 0.717) is 22.3 Å². The van der Waals surface area contributed by atoms with Gasteiger partial charge >= 0.3 is 0 Å². The van der Waals surface area contributed by atoms with Gasteiger partial charge in [-0.3, -0.25) is 14.7 Å². The summed E-state index contributed by atoms with van der Waals surface area (Å²) < 4.78 is 0. The maximum atomic E-state index is 12.7. The zero-order chi connectivity index (χ0) is 18.8. The van der Waals surface area contributed by atoms with Crippen LogP contribution in [0.5, 0.6) is 0 Å². The molecule has 0 bridgehead atoms. The van der Waals surface area contributed by atoms with Gasteiger partial charge in [0.15, 0.2) is 0 Å². The molecule has 1 aliphatic heterocycles. The summed E-state index contributed by atoms with van der Waals surface area (Å²) in [7, 11) is 0.